The molecule has 0 unspecified atom stereocenters. The summed E-state index contributed by atoms with van der Waals surface area (Å²) in [5.74, 6) is 3.44. The van der Waals surface area contributed by atoms with E-state index in [1.807, 2.05) is 30.3 Å². The molecule has 0 saturated heterocycles. The molecular formula is C32H31ClFN3O2. The fourth-order valence-corrected chi connectivity index (χ4v) is 4.68. The van der Waals surface area contributed by atoms with E-state index in [1.54, 1.807) is 24.3 Å². The summed E-state index contributed by atoms with van der Waals surface area (Å²) in [6.45, 7) is 4.73. The van der Waals surface area contributed by atoms with Gasteiger partial charge in [0, 0.05) is 23.1 Å². The Morgan fingerprint density at radius 1 is 0.974 bits per heavy atom. The maximum Gasteiger partial charge on any atom is 0.141 e. The average molecular weight is 544 g/mol. The Bertz CT molecular complexity index is 1570. The van der Waals surface area contributed by atoms with Crippen LogP contribution in [0, 0.1) is 11.7 Å². The van der Waals surface area contributed by atoms with Crippen LogP contribution in [0.25, 0.3) is 22.2 Å². The molecule has 0 atom stereocenters. The molecule has 0 spiro atoms. The molecule has 1 N–H and O–H groups in total. The summed E-state index contributed by atoms with van der Waals surface area (Å²) in [5.41, 5.74) is 3.27. The topological polar surface area (TPSA) is 60.2 Å². The lowest BCUT2D eigenvalue weighted by Crippen LogP contribution is -1.99. The number of aryl methyl sites for hydroxylation is 1. The van der Waals surface area contributed by atoms with E-state index in [2.05, 4.69) is 35.2 Å². The number of rotatable bonds is 11. The van der Waals surface area contributed by atoms with Gasteiger partial charge in [-0.3, -0.25) is 0 Å². The molecule has 200 valence electrons. The molecular weight excluding hydrogens is 513 g/mol. The SMILES string of the molecule is CC(C)CCCCc1ccc(-c2ccc3ncnc(Nc4ccc(OCc5cccc(F)c5)c(Cl)c4)c3c2)o1. The van der Waals surface area contributed by atoms with Crippen molar-refractivity contribution >= 4 is 34.0 Å². The number of hydrogen-bond donors (Lipinski definition) is 1. The van der Waals surface area contributed by atoms with Gasteiger partial charge < -0.3 is 14.5 Å². The Balaban J connectivity index is 1.30. The van der Waals surface area contributed by atoms with Crippen LogP contribution in [0.4, 0.5) is 15.9 Å². The van der Waals surface area contributed by atoms with Gasteiger partial charge in [0.05, 0.1) is 10.5 Å². The number of anilines is 2. The summed E-state index contributed by atoms with van der Waals surface area (Å²) >= 11 is 6.50. The van der Waals surface area contributed by atoms with E-state index in [1.165, 1.54) is 31.3 Å². The molecule has 0 fully saturated rings. The number of nitrogens with one attached hydrogen (secondary N) is 1. The monoisotopic (exact) mass is 543 g/mol. The number of aromatic nitrogens is 2. The molecule has 5 nitrogen and oxygen atoms in total. The second-order valence-electron chi connectivity index (χ2n) is 10.0. The van der Waals surface area contributed by atoms with Crippen LogP contribution in [0.5, 0.6) is 5.75 Å². The third-order valence-electron chi connectivity index (χ3n) is 6.51. The van der Waals surface area contributed by atoms with E-state index in [0.29, 0.717) is 16.6 Å². The summed E-state index contributed by atoms with van der Waals surface area (Å²) in [7, 11) is 0. The van der Waals surface area contributed by atoms with Gasteiger partial charge in [0.25, 0.3) is 0 Å². The first-order valence-corrected chi connectivity index (χ1v) is 13.6. The number of fused-ring (bicyclic) bond motifs is 1. The number of benzene rings is 3. The Morgan fingerprint density at radius 3 is 2.69 bits per heavy atom. The van der Waals surface area contributed by atoms with E-state index in [4.69, 9.17) is 20.8 Å². The van der Waals surface area contributed by atoms with Crippen LogP contribution in [-0.2, 0) is 13.0 Å². The summed E-state index contributed by atoms with van der Waals surface area (Å²) in [4.78, 5) is 8.90. The molecule has 0 bridgehead atoms. The van der Waals surface area contributed by atoms with Crippen LogP contribution in [0.15, 0.2) is 83.5 Å². The van der Waals surface area contributed by atoms with Gasteiger partial charge in [-0.1, -0.05) is 50.4 Å². The molecule has 39 heavy (non-hydrogen) atoms. The quantitative estimate of drug-likeness (QED) is 0.168. The summed E-state index contributed by atoms with van der Waals surface area (Å²) in [6, 6.07) is 21.8. The third kappa shape index (κ3) is 6.95. The van der Waals surface area contributed by atoms with Crippen molar-refractivity contribution in [1.29, 1.82) is 0 Å². The van der Waals surface area contributed by atoms with E-state index in [0.717, 1.165) is 58.0 Å². The van der Waals surface area contributed by atoms with E-state index in [-0.39, 0.29) is 12.4 Å². The van der Waals surface area contributed by atoms with Crippen molar-refractivity contribution in [2.75, 3.05) is 5.32 Å². The maximum absolute atomic E-state index is 13.4. The molecule has 0 aliphatic rings. The van der Waals surface area contributed by atoms with E-state index >= 15 is 0 Å². The summed E-state index contributed by atoms with van der Waals surface area (Å²) in [5, 5.41) is 4.66. The predicted molar refractivity (Wildman–Crippen MR) is 155 cm³/mol. The lowest BCUT2D eigenvalue weighted by atomic mass is 10.0. The van der Waals surface area contributed by atoms with Crippen LogP contribution in [-0.4, -0.2) is 9.97 Å². The van der Waals surface area contributed by atoms with Gasteiger partial charge in [-0.2, -0.15) is 0 Å². The first-order chi connectivity index (χ1) is 18.9. The van der Waals surface area contributed by atoms with Crippen LogP contribution >= 0.6 is 11.6 Å². The maximum atomic E-state index is 13.4. The average Bonchev–Trinajstić information content (AvgIpc) is 3.40. The van der Waals surface area contributed by atoms with Crippen molar-refractivity contribution in [3.05, 3.63) is 101 Å². The highest BCUT2D eigenvalue weighted by Crippen LogP contribution is 2.33. The Kier molecular flexibility index (Phi) is 8.42. The van der Waals surface area contributed by atoms with Crippen LogP contribution < -0.4 is 10.1 Å². The molecule has 0 radical (unpaired) electrons. The number of halogens is 2. The van der Waals surface area contributed by atoms with Crippen LogP contribution in [0.3, 0.4) is 0 Å². The minimum atomic E-state index is -0.299. The number of furan rings is 1. The molecule has 2 heterocycles. The number of unbranched alkanes of at least 4 members (excludes halogenated alkanes) is 1. The lowest BCUT2D eigenvalue weighted by molar-refractivity contribution is 0.306. The highest BCUT2D eigenvalue weighted by Gasteiger charge is 2.11. The van der Waals surface area contributed by atoms with Gasteiger partial charge in [0.15, 0.2) is 0 Å². The Labute approximate surface area is 233 Å². The van der Waals surface area contributed by atoms with Crippen molar-refractivity contribution in [2.45, 2.75) is 46.1 Å². The van der Waals surface area contributed by atoms with Crippen molar-refractivity contribution in [3.8, 4) is 17.1 Å². The third-order valence-corrected chi connectivity index (χ3v) is 6.81. The number of nitrogens with zero attached hydrogens (tertiary/aromatic N) is 2. The minimum absolute atomic E-state index is 0.218. The summed E-state index contributed by atoms with van der Waals surface area (Å²) < 4.78 is 25.4. The number of hydrogen-bond acceptors (Lipinski definition) is 5. The number of ether oxygens (including phenoxy) is 1. The summed E-state index contributed by atoms with van der Waals surface area (Å²) in [6.07, 6.45) is 6.05. The highest BCUT2D eigenvalue weighted by atomic mass is 35.5. The molecule has 2 aromatic heterocycles. The first-order valence-electron chi connectivity index (χ1n) is 13.2. The Morgan fingerprint density at radius 2 is 1.87 bits per heavy atom. The van der Waals surface area contributed by atoms with Gasteiger partial charge in [-0.25, -0.2) is 14.4 Å². The van der Waals surface area contributed by atoms with Crippen LogP contribution in [0.2, 0.25) is 5.02 Å². The fraction of sp³-hybridized carbons (Fsp3) is 0.250. The zero-order valence-corrected chi connectivity index (χ0v) is 22.8. The molecule has 0 saturated carbocycles. The van der Waals surface area contributed by atoms with Crippen LogP contribution in [0.1, 0.15) is 44.4 Å². The molecule has 0 amide bonds. The molecule has 5 rings (SSSR count). The van der Waals surface area contributed by atoms with Gasteiger partial charge in [0.2, 0.25) is 0 Å². The van der Waals surface area contributed by atoms with E-state index in [9.17, 15) is 4.39 Å². The smallest absolute Gasteiger partial charge is 0.141 e. The van der Waals surface area contributed by atoms with Crippen molar-refractivity contribution in [1.82, 2.24) is 9.97 Å². The predicted octanol–water partition coefficient (Wildman–Crippen LogP) is 9.37. The van der Waals surface area contributed by atoms with Crippen molar-refractivity contribution in [2.24, 2.45) is 5.92 Å². The van der Waals surface area contributed by atoms with E-state index < -0.39 is 0 Å². The molecule has 5 aromatic rings. The molecule has 0 aliphatic carbocycles. The minimum Gasteiger partial charge on any atom is -0.487 e. The zero-order chi connectivity index (χ0) is 27.2. The van der Waals surface area contributed by atoms with Crippen molar-refractivity contribution in [3.63, 3.8) is 0 Å². The Hall–Kier alpha value is -3.90. The van der Waals surface area contributed by atoms with Gasteiger partial charge in [-0.05, 0) is 78.6 Å². The standard InChI is InChI=1S/C32H31ClFN3O2/c1-21(2)6-3-4-9-26-12-15-30(39-26)23-10-13-29-27(17-23)32(36-20-35-29)37-25-11-14-31(28(33)18-25)38-19-22-7-5-8-24(34)16-22/h5,7-8,10-18,20-21H,3-4,6,9,19H2,1-2H3,(H,35,36,37). The van der Waals surface area contributed by atoms with Crippen molar-refractivity contribution < 1.29 is 13.5 Å². The second kappa shape index (κ2) is 12.3. The molecule has 3 aromatic carbocycles. The normalized spacial score (nSPS) is 11.3. The lowest BCUT2D eigenvalue weighted by Gasteiger charge is -2.12. The highest BCUT2D eigenvalue weighted by molar-refractivity contribution is 6.32. The van der Waals surface area contributed by atoms with Gasteiger partial charge >= 0.3 is 0 Å². The second-order valence-corrected chi connectivity index (χ2v) is 10.5. The van der Waals surface area contributed by atoms with Gasteiger partial charge in [0.1, 0.15) is 41.8 Å². The molecule has 0 aliphatic heterocycles. The van der Waals surface area contributed by atoms with Gasteiger partial charge in [-0.15, -0.1) is 0 Å². The fourth-order valence-electron chi connectivity index (χ4n) is 4.45. The molecule has 7 heteroatoms. The largest absolute Gasteiger partial charge is 0.487 e. The first kappa shape index (κ1) is 26.7. The zero-order valence-electron chi connectivity index (χ0n) is 22.1.